The van der Waals surface area contributed by atoms with Crippen molar-refractivity contribution in [3.05, 3.63) is 167 Å². The van der Waals surface area contributed by atoms with E-state index in [1.165, 1.54) is 152 Å². The van der Waals surface area contributed by atoms with Crippen LogP contribution < -0.4 is 0 Å². The largest absolute Gasteiger partial charge is 0.307 e. The van der Waals surface area contributed by atoms with E-state index in [1.54, 1.807) is 0 Å². The molecule has 3 heteroatoms. The Morgan fingerprint density at radius 2 is 0.649 bits per heavy atom. The lowest BCUT2D eigenvalue weighted by Gasteiger charge is -2.26. The smallest absolute Gasteiger partial charge is 0.109 e. The molecule has 0 N–H and O–H groups in total. The van der Waals surface area contributed by atoms with Crippen molar-refractivity contribution in [3.8, 4) is 33.4 Å². The van der Waals surface area contributed by atoms with Crippen molar-refractivity contribution >= 4 is 96.9 Å². The van der Waals surface area contributed by atoms with Gasteiger partial charge in [-0.3, -0.25) is 4.40 Å². The van der Waals surface area contributed by atoms with Gasteiger partial charge in [-0.2, -0.15) is 0 Å². The fourth-order valence-electron chi connectivity index (χ4n) is 12.6. The summed E-state index contributed by atoms with van der Waals surface area (Å²) in [6, 6.07) is 53.7. The summed E-state index contributed by atoms with van der Waals surface area (Å²) in [4.78, 5) is 1.32. The number of fused-ring (bicyclic) bond motifs is 15. The van der Waals surface area contributed by atoms with Gasteiger partial charge in [-0.15, -0.1) is 11.3 Å². The zero-order valence-corrected chi connectivity index (χ0v) is 49.8. The van der Waals surface area contributed by atoms with Crippen LogP contribution in [-0.2, 0) is 32.5 Å². The highest BCUT2D eigenvalue weighted by Gasteiger charge is 2.30. The van der Waals surface area contributed by atoms with E-state index in [4.69, 9.17) is 0 Å². The van der Waals surface area contributed by atoms with Crippen molar-refractivity contribution < 1.29 is 0 Å². The van der Waals surface area contributed by atoms with E-state index >= 15 is 0 Å². The molecule has 0 fully saturated rings. The van der Waals surface area contributed by atoms with Gasteiger partial charge in [0.25, 0.3) is 0 Å². The third-order valence-electron chi connectivity index (χ3n) is 17.4. The van der Waals surface area contributed by atoms with Crippen LogP contribution in [0.25, 0.3) is 119 Å². The molecule has 0 aliphatic rings. The Labute approximate surface area is 460 Å². The maximum absolute atomic E-state index is 2.67. The van der Waals surface area contributed by atoms with Gasteiger partial charge in [0.2, 0.25) is 0 Å². The van der Waals surface area contributed by atoms with Crippen molar-refractivity contribution in [1.82, 2.24) is 8.80 Å². The van der Waals surface area contributed by atoms with Crippen LogP contribution >= 0.6 is 11.3 Å². The molecule has 13 aromatic rings. The number of hydrogen-bond acceptors (Lipinski definition) is 1. The highest BCUT2D eigenvalue weighted by molar-refractivity contribution is 7.25. The van der Waals surface area contributed by atoms with E-state index in [2.05, 4.69) is 267 Å². The maximum Gasteiger partial charge on any atom is 0.109 e. The van der Waals surface area contributed by atoms with Gasteiger partial charge in [0.1, 0.15) is 4.83 Å². The number of hydrogen-bond donors (Lipinski definition) is 0. The minimum atomic E-state index is -0.0128. The molecule has 5 heterocycles. The Bertz CT molecular complexity index is 4500. The Balaban J connectivity index is 1.20. The predicted octanol–water partition coefficient (Wildman–Crippen LogP) is 22.0. The fraction of sp³-hybridized carbons (Fsp3) is 0.324. The van der Waals surface area contributed by atoms with Crippen molar-refractivity contribution in [2.75, 3.05) is 0 Å². The van der Waals surface area contributed by atoms with E-state index in [0.29, 0.717) is 0 Å². The summed E-state index contributed by atoms with van der Waals surface area (Å²) in [6.07, 6.45) is 0. The Kier molecular flexibility index (Phi) is 10.3. The van der Waals surface area contributed by atoms with Crippen molar-refractivity contribution in [2.24, 2.45) is 0 Å². The second-order valence-corrected chi connectivity index (χ2v) is 30.3. The molecule has 0 radical (unpaired) electrons. The van der Waals surface area contributed by atoms with Gasteiger partial charge in [0, 0.05) is 53.2 Å². The molecule has 0 saturated carbocycles. The molecule has 8 aromatic carbocycles. The van der Waals surface area contributed by atoms with Crippen LogP contribution in [0.4, 0.5) is 0 Å². The van der Waals surface area contributed by atoms with Crippen LogP contribution in [0, 0.1) is 0 Å². The summed E-state index contributed by atoms with van der Waals surface area (Å²) in [6.45, 7) is 42.3. The molecule has 0 saturated heterocycles. The summed E-state index contributed by atoms with van der Waals surface area (Å²) >= 11 is 1.93. The monoisotopic (exact) mass is 1020 g/mol. The Morgan fingerprint density at radius 1 is 0.273 bits per heavy atom. The number of thiophene rings is 1. The number of aromatic nitrogens is 2. The molecule has 5 aromatic heterocycles. The summed E-state index contributed by atoms with van der Waals surface area (Å²) in [5.41, 5.74) is 22.3. The van der Waals surface area contributed by atoms with Crippen LogP contribution in [0.3, 0.4) is 0 Å². The number of rotatable bonds is 3. The van der Waals surface area contributed by atoms with Crippen LogP contribution in [0.15, 0.2) is 133 Å². The molecule has 0 atom stereocenters. The lowest BCUT2D eigenvalue weighted by atomic mass is 9.78. The molecular weight excluding hydrogens is 949 g/mol. The standard InChI is InChI=1S/C74H76N2S/c1-69(2,3)47-27-42(28-48(38-47)70(4,5)6)41-23-25-60-55(33-41)57-35-45(43-29-49(71(7,8)9)39-50(30-43)72(10,11)12)34-56-53-24-26-61-64(67(53)75(60)65(56)57)59-37-46(44-31-51(73(13,14)15)40-52(32-44)74(16,17)18)36-58-63-54-21-19-20-22-62(54)77-68(63)76(61)66(58)59/h19-40H,1-18H3. The predicted molar refractivity (Wildman–Crippen MR) is 340 cm³/mol. The fourth-order valence-corrected chi connectivity index (χ4v) is 13.8. The molecule has 0 aliphatic heterocycles. The zero-order chi connectivity index (χ0) is 54.6. The minimum absolute atomic E-state index is 0.00567. The van der Waals surface area contributed by atoms with E-state index in [9.17, 15) is 0 Å². The first-order valence-corrected chi connectivity index (χ1v) is 29.0. The van der Waals surface area contributed by atoms with Crippen LogP contribution in [0.1, 0.15) is 158 Å². The first-order chi connectivity index (χ1) is 35.9. The average molecular weight is 1030 g/mol. The van der Waals surface area contributed by atoms with Crippen LogP contribution in [0.2, 0.25) is 0 Å². The number of benzene rings is 8. The summed E-state index contributed by atoms with van der Waals surface area (Å²) in [5, 5.41) is 11.9. The lowest BCUT2D eigenvalue weighted by molar-refractivity contribution is 0.568. The Hall–Kier alpha value is -6.68. The molecule has 0 bridgehead atoms. The average Bonchev–Trinajstić information content (AvgIpc) is 4.36. The van der Waals surface area contributed by atoms with Crippen molar-refractivity contribution in [1.29, 1.82) is 0 Å². The summed E-state index contributed by atoms with van der Waals surface area (Å²) in [5.74, 6) is 0. The maximum atomic E-state index is 2.67. The first-order valence-electron chi connectivity index (χ1n) is 28.2. The van der Waals surface area contributed by atoms with Gasteiger partial charge in [0.15, 0.2) is 0 Å². The molecule has 13 rings (SSSR count). The van der Waals surface area contributed by atoms with Gasteiger partial charge in [-0.25, -0.2) is 0 Å². The van der Waals surface area contributed by atoms with Gasteiger partial charge in [0.05, 0.1) is 27.6 Å². The Morgan fingerprint density at radius 3 is 1.13 bits per heavy atom. The molecule has 0 spiro atoms. The third kappa shape index (κ3) is 7.67. The zero-order valence-electron chi connectivity index (χ0n) is 49.0. The van der Waals surface area contributed by atoms with E-state index in [-0.39, 0.29) is 32.5 Å². The third-order valence-corrected chi connectivity index (χ3v) is 18.6. The summed E-state index contributed by atoms with van der Waals surface area (Å²) in [7, 11) is 0. The quantitative estimate of drug-likeness (QED) is 0.167. The van der Waals surface area contributed by atoms with Crippen LogP contribution in [0.5, 0.6) is 0 Å². The second kappa shape index (κ2) is 16.0. The minimum Gasteiger partial charge on any atom is -0.307 e. The highest BCUT2D eigenvalue weighted by atomic mass is 32.1. The molecule has 0 unspecified atom stereocenters. The van der Waals surface area contributed by atoms with Gasteiger partial charge < -0.3 is 4.40 Å². The highest BCUT2D eigenvalue weighted by Crippen LogP contribution is 2.52. The van der Waals surface area contributed by atoms with E-state index in [0.717, 1.165) is 0 Å². The van der Waals surface area contributed by atoms with E-state index in [1.807, 2.05) is 11.3 Å². The molecular formula is C74H76N2S. The molecule has 2 nitrogen and oxygen atoms in total. The first kappa shape index (κ1) is 49.9. The SMILES string of the molecule is CC(C)(C)c1cc(-c2ccc3c(c2)c2cc(-c4cc(C(C)(C)C)cc(C(C)(C)C)c4)cc4c5ccc6c(c7cc(-c8cc(C(C)(C)C)cc(C(C)(C)C)c8)cc8c9c%10ccccc%10sc9n6c87)c5n3c24)cc(C(C)(C)C)c1. The molecule has 77 heavy (non-hydrogen) atoms. The molecule has 0 aliphatic carbocycles. The topological polar surface area (TPSA) is 8.82 Å². The normalized spacial score (nSPS) is 13.8. The lowest BCUT2D eigenvalue weighted by Crippen LogP contribution is -2.16. The second-order valence-electron chi connectivity index (χ2n) is 29.3. The molecule has 0 amide bonds. The van der Waals surface area contributed by atoms with E-state index < -0.39 is 0 Å². The summed E-state index contributed by atoms with van der Waals surface area (Å²) < 4.78 is 6.63. The van der Waals surface area contributed by atoms with Gasteiger partial charge in [-0.1, -0.05) is 210 Å². The van der Waals surface area contributed by atoms with Gasteiger partial charge in [-0.05, 0) is 148 Å². The van der Waals surface area contributed by atoms with Gasteiger partial charge >= 0.3 is 0 Å². The van der Waals surface area contributed by atoms with Crippen molar-refractivity contribution in [2.45, 2.75) is 157 Å². The van der Waals surface area contributed by atoms with Crippen molar-refractivity contribution in [3.63, 3.8) is 0 Å². The number of nitrogens with zero attached hydrogens (tertiary/aromatic N) is 2. The molecule has 388 valence electrons. The van der Waals surface area contributed by atoms with Crippen LogP contribution in [-0.4, -0.2) is 8.80 Å².